The van der Waals surface area contributed by atoms with Gasteiger partial charge in [-0.15, -0.1) is 24.0 Å². The second-order valence-corrected chi connectivity index (χ2v) is 5.42. The van der Waals surface area contributed by atoms with E-state index in [1.165, 1.54) is 6.92 Å². The summed E-state index contributed by atoms with van der Waals surface area (Å²) in [4.78, 5) is 15.2. The zero-order chi connectivity index (χ0) is 15.7. The summed E-state index contributed by atoms with van der Waals surface area (Å²) in [6, 6.07) is 7.77. The molecule has 1 amide bonds. The van der Waals surface area contributed by atoms with Gasteiger partial charge in [0.1, 0.15) is 0 Å². The molecule has 1 aromatic carbocycles. The van der Waals surface area contributed by atoms with Crippen LogP contribution in [-0.4, -0.2) is 25.5 Å². The number of aliphatic imine (C=N–C) groups is 1. The van der Waals surface area contributed by atoms with E-state index in [4.69, 9.17) is 0 Å². The van der Waals surface area contributed by atoms with Crippen molar-refractivity contribution >= 4 is 41.5 Å². The van der Waals surface area contributed by atoms with E-state index in [0.29, 0.717) is 12.5 Å². The van der Waals surface area contributed by atoms with E-state index >= 15 is 0 Å². The normalized spacial score (nSPS) is 10.9. The van der Waals surface area contributed by atoms with Crippen LogP contribution in [0.15, 0.2) is 29.3 Å². The van der Waals surface area contributed by atoms with Crippen molar-refractivity contribution < 1.29 is 4.79 Å². The van der Waals surface area contributed by atoms with Crippen LogP contribution in [-0.2, 0) is 11.3 Å². The Morgan fingerprint density at radius 3 is 2.59 bits per heavy atom. The lowest BCUT2D eigenvalue weighted by Gasteiger charge is -2.13. The van der Waals surface area contributed by atoms with Crippen LogP contribution >= 0.6 is 24.0 Å². The molecular weight excluding hydrogens is 391 g/mol. The van der Waals surface area contributed by atoms with Gasteiger partial charge < -0.3 is 16.0 Å². The summed E-state index contributed by atoms with van der Waals surface area (Å²) in [6.07, 6.45) is 1.11. The van der Waals surface area contributed by atoms with Crippen molar-refractivity contribution in [2.75, 3.05) is 18.9 Å². The minimum absolute atomic E-state index is 0. The smallest absolute Gasteiger partial charge is 0.221 e. The number of benzene rings is 1. The first kappa shape index (κ1) is 20.7. The summed E-state index contributed by atoms with van der Waals surface area (Å²) in [6.45, 7) is 7.47. The molecule has 6 heteroatoms. The highest BCUT2D eigenvalue weighted by atomic mass is 127. The third-order valence-electron chi connectivity index (χ3n) is 2.95. The Labute approximate surface area is 150 Å². The Morgan fingerprint density at radius 2 is 2.00 bits per heavy atom. The van der Waals surface area contributed by atoms with E-state index in [9.17, 15) is 4.79 Å². The molecule has 3 N–H and O–H groups in total. The molecule has 0 fully saturated rings. The number of hydrogen-bond acceptors (Lipinski definition) is 2. The number of nitrogens with zero attached hydrogens (tertiary/aromatic N) is 1. The van der Waals surface area contributed by atoms with E-state index in [1.54, 1.807) is 7.05 Å². The van der Waals surface area contributed by atoms with E-state index in [-0.39, 0.29) is 29.9 Å². The van der Waals surface area contributed by atoms with Gasteiger partial charge >= 0.3 is 0 Å². The van der Waals surface area contributed by atoms with Crippen molar-refractivity contribution in [3.05, 3.63) is 29.8 Å². The molecule has 0 aromatic heterocycles. The van der Waals surface area contributed by atoms with Gasteiger partial charge in [0.05, 0.1) is 0 Å². The van der Waals surface area contributed by atoms with Crippen LogP contribution in [0.4, 0.5) is 5.69 Å². The van der Waals surface area contributed by atoms with Gasteiger partial charge in [0.2, 0.25) is 5.91 Å². The lowest BCUT2D eigenvalue weighted by atomic mass is 10.1. The lowest BCUT2D eigenvalue weighted by molar-refractivity contribution is -0.114. The molecule has 0 heterocycles. The molecule has 22 heavy (non-hydrogen) atoms. The van der Waals surface area contributed by atoms with Crippen molar-refractivity contribution in [3.8, 4) is 0 Å². The Balaban J connectivity index is 0.00000441. The van der Waals surface area contributed by atoms with E-state index in [0.717, 1.165) is 30.2 Å². The SMILES string of the molecule is CN=C(NCCC(C)C)NCc1cccc(NC(C)=O)c1.I. The lowest BCUT2D eigenvalue weighted by Crippen LogP contribution is -2.37. The predicted molar refractivity (Wildman–Crippen MR) is 104 cm³/mol. The van der Waals surface area contributed by atoms with Gasteiger partial charge in [-0.1, -0.05) is 26.0 Å². The number of amides is 1. The first-order valence-corrected chi connectivity index (χ1v) is 7.32. The molecular formula is C16H27IN4O. The van der Waals surface area contributed by atoms with Crippen LogP contribution in [0.2, 0.25) is 0 Å². The topological polar surface area (TPSA) is 65.5 Å². The molecule has 0 aliphatic rings. The number of carbonyl (C=O) groups excluding carboxylic acids is 1. The molecule has 0 bridgehead atoms. The molecule has 0 aliphatic carbocycles. The van der Waals surface area contributed by atoms with Crippen LogP contribution < -0.4 is 16.0 Å². The maximum absolute atomic E-state index is 11.1. The number of rotatable bonds is 6. The first-order chi connectivity index (χ1) is 10.0. The van der Waals surface area contributed by atoms with Crippen molar-refractivity contribution in [1.29, 1.82) is 0 Å². The molecule has 0 unspecified atom stereocenters. The quantitative estimate of drug-likeness (QED) is 0.378. The standard InChI is InChI=1S/C16H26N4O.HI/c1-12(2)8-9-18-16(17-4)19-11-14-6-5-7-15(10-14)20-13(3)21;/h5-7,10,12H,8-9,11H2,1-4H3,(H,20,21)(H2,17,18,19);1H. The zero-order valence-electron chi connectivity index (χ0n) is 13.8. The predicted octanol–water partition coefficient (Wildman–Crippen LogP) is 2.97. The van der Waals surface area contributed by atoms with Gasteiger partial charge in [-0.3, -0.25) is 9.79 Å². The van der Waals surface area contributed by atoms with Gasteiger partial charge in [-0.2, -0.15) is 0 Å². The number of guanidine groups is 1. The van der Waals surface area contributed by atoms with Crippen LogP contribution in [0.5, 0.6) is 0 Å². The number of nitrogens with one attached hydrogen (secondary N) is 3. The minimum Gasteiger partial charge on any atom is -0.356 e. The number of hydrogen-bond donors (Lipinski definition) is 3. The van der Waals surface area contributed by atoms with Crippen molar-refractivity contribution in [2.45, 2.75) is 33.7 Å². The highest BCUT2D eigenvalue weighted by molar-refractivity contribution is 14.0. The van der Waals surface area contributed by atoms with Gasteiger partial charge in [0.25, 0.3) is 0 Å². The third kappa shape index (κ3) is 8.86. The van der Waals surface area contributed by atoms with Crippen molar-refractivity contribution in [2.24, 2.45) is 10.9 Å². The molecule has 0 saturated heterocycles. The monoisotopic (exact) mass is 418 g/mol. The first-order valence-electron chi connectivity index (χ1n) is 7.32. The summed E-state index contributed by atoms with van der Waals surface area (Å²) < 4.78 is 0. The van der Waals surface area contributed by atoms with Crippen LogP contribution in [0.1, 0.15) is 32.8 Å². The molecule has 0 spiro atoms. The fourth-order valence-corrected chi connectivity index (χ4v) is 1.85. The largest absolute Gasteiger partial charge is 0.356 e. The van der Waals surface area contributed by atoms with E-state index < -0.39 is 0 Å². The van der Waals surface area contributed by atoms with Crippen LogP contribution in [0.25, 0.3) is 0 Å². The average molecular weight is 418 g/mol. The molecule has 0 radical (unpaired) electrons. The van der Waals surface area contributed by atoms with E-state index in [2.05, 4.69) is 34.8 Å². The Morgan fingerprint density at radius 1 is 1.27 bits per heavy atom. The fraction of sp³-hybridized carbons (Fsp3) is 0.500. The Kier molecular flexibility index (Phi) is 10.6. The molecule has 0 atom stereocenters. The summed E-state index contributed by atoms with van der Waals surface area (Å²) >= 11 is 0. The van der Waals surface area contributed by atoms with Crippen molar-refractivity contribution in [1.82, 2.24) is 10.6 Å². The summed E-state index contributed by atoms with van der Waals surface area (Å²) in [7, 11) is 1.76. The highest BCUT2D eigenvalue weighted by Crippen LogP contribution is 2.10. The Bertz CT molecular complexity index is 489. The second kappa shape index (κ2) is 11.3. The van der Waals surface area contributed by atoms with E-state index in [1.807, 2.05) is 24.3 Å². The molecule has 124 valence electrons. The average Bonchev–Trinajstić information content (AvgIpc) is 2.42. The summed E-state index contributed by atoms with van der Waals surface area (Å²) in [5.74, 6) is 1.40. The minimum atomic E-state index is -0.0636. The fourth-order valence-electron chi connectivity index (χ4n) is 1.85. The zero-order valence-corrected chi connectivity index (χ0v) is 16.1. The summed E-state index contributed by atoms with van der Waals surface area (Å²) in [5.41, 5.74) is 1.90. The van der Waals surface area contributed by atoms with Crippen LogP contribution in [0.3, 0.4) is 0 Å². The van der Waals surface area contributed by atoms with Crippen LogP contribution in [0, 0.1) is 5.92 Å². The molecule has 0 saturated carbocycles. The van der Waals surface area contributed by atoms with Gasteiger partial charge in [0.15, 0.2) is 5.96 Å². The number of anilines is 1. The molecule has 1 aromatic rings. The van der Waals surface area contributed by atoms with Gasteiger partial charge in [0, 0.05) is 32.7 Å². The second-order valence-electron chi connectivity index (χ2n) is 5.42. The number of halogens is 1. The molecule has 5 nitrogen and oxygen atoms in total. The highest BCUT2D eigenvalue weighted by Gasteiger charge is 2.01. The maximum Gasteiger partial charge on any atom is 0.221 e. The van der Waals surface area contributed by atoms with Gasteiger partial charge in [-0.05, 0) is 30.0 Å². The number of carbonyl (C=O) groups is 1. The summed E-state index contributed by atoms with van der Waals surface area (Å²) in [5, 5.41) is 9.33. The van der Waals surface area contributed by atoms with Gasteiger partial charge in [-0.25, -0.2) is 0 Å². The maximum atomic E-state index is 11.1. The molecule has 0 aliphatic heterocycles. The van der Waals surface area contributed by atoms with Crippen molar-refractivity contribution in [3.63, 3.8) is 0 Å². The molecule has 1 rings (SSSR count). The Hall–Kier alpha value is -1.31. The third-order valence-corrected chi connectivity index (χ3v) is 2.95.